The van der Waals surface area contributed by atoms with Gasteiger partial charge in [-0.2, -0.15) is 0 Å². The van der Waals surface area contributed by atoms with E-state index < -0.39 is 11.9 Å². The van der Waals surface area contributed by atoms with Gasteiger partial charge in [-0.05, 0) is 48.9 Å². The van der Waals surface area contributed by atoms with E-state index in [-0.39, 0.29) is 30.8 Å². The molecule has 1 heterocycles. The summed E-state index contributed by atoms with van der Waals surface area (Å²) < 4.78 is 5.28. The molecular weight excluding hydrogens is 366 g/mol. The highest BCUT2D eigenvalue weighted by Gasteiger charge is 2.38. The van der Waals surface area contributed by atoms with Gasteiger partial charge in [-0.25, -0.2) is 0 Å². The van der Waals surface area contributed by atoms with Crippen LogP contribution in [0.15, 0.2) is 48.5 Å². The third-order valence-corrected chi connectivity index (χ3v) is 6.01. The number of ketones is 1. The monoisotopic (exact) mass is 391 g/mol. The van der Waals surface area contributed by atoms with Crippen LogP contribution in [0.1, 0.15) is 52.9 Å². The number of esters is 1. The Morgan fingerprint density at radius 2 is 1.86 bits per heavy atom. The fourth-order valence-electron chi connectivity index (χ4n) is 4.26. The van der Waals surface area contributed by atoms with Gasteiger partial charge in [0.15, 0.2) is 12.4 Å². The Kier molecular flexibility index (Phi) is 5.47. The maximum Gasteiger partial charge on any atom is 0.311 e. The molecule has 2 aliphatic rings. The first-order valence-electron chi connectivity index (χ1n) is 10.2. The first-order valence-corrected chi connectivity index (χ1v) is 10.2. The second-order valence-electron chi connectivity index (χ2n) is 7.90. The van der Waals surface area contributed by atoms with Crippen LogP contribution >= 0.6 is 0 Å². The summed E-state index contributed by atoms with van der Waals surface area (Å²) in [4.78, 5) is 39.0. The van der Waals surface area contributed by atoms with Gasteiger partial charge < -0.3 is 9.64 Å². The van der Waals surface area contributed by atoms with Gasteiger partial charge in [0, 0.05) is 18.5 Å². The van der Waals surface area contributed by atoms with E-state index in [1.807, 2.05) is 55.5 Å². The number of rotatable bonds is 6. The second-order valence-corrected chi connectivity index (χ2v) is 7.90. The zero-order chi connectivity index (χ0) is 20.4. The van der Waals surface area contributed by atoms with Crippen molar-refractivity contribution in [3.63, 3.8) is 0 Å². The molecule has 1 aliphatic heterocycles. The van der Waals surface area contributed by atoms with Crippen LogP contribution in [0.4, 0.5) is 0 Å². The van der Waals surface area contributed by atoms with E-state index in [1.165, 1.54) is 11.1 Å². The van der Waals surface area contributed by atoms with E-state index in [2.05, 4.69) is 0 Å². The zero-order valence-corrected chi connectivity index (χ0v) is 16.6. The van der Waals surface area contributed by atoms with Gasteiger partial charge in [0.1, 0.15) is 0 Å². The molecule has 2 aromatic rings. The summed E-state index contributed by atoms with van der Waals surface area (Å²) in [6.07, 6.45) is 3.31. The molecule has 150 valence electrons. The van der Waals surface area contributed by atoms with Crippen LogP contribution in [0, 0.1) is 5.92 Å². The highest BCUT2D eigenvalue weighted by Crippen LogP contribution is 2.29. The van der Waals surface area contributed by atoms with Gasteiger partial charge >= 0.3 is 5.97 Å². The van der Waals surface area contributed by atoms with Crippen molar-refractivity contribution in [1.29, 1.82) is 0 Å². The predicted molar refractivity (Wildman–Crippen MR) is 108 cm³/mol. The highest BCUT2D eigenvalue weighted by atomic mass is 16.5. The van der Waals surface area contributed by atoms with Gasteiger partial charge in [0.25, 0.3) is 0 Å². The predicted octanol–water partition coefficient (Wildman–Crippen LogP) is 3.51. The van der Waals surface area contributed by atoms with Gasteiger partial charge in [0.2, 0.25) is 5.91 Å². The number of hydrogen-bond acceptors (Lipinski definition) is 4. The quantitative estimate of drug-likeness (QED) is 0.558. The molecule has 0 saturated carbocycles. The number of fused-ring (bicyclic) bond motifs is 1. The number of benzene rings is 2. The Morgan fingerprint density at radius 3 is 2.66 bits per heavy atom. The van der Waals surface area contributed by atoms with Crippen molar-refractivity contribution >= 4 is 17.7 Å². The molecule has 1 saturated heterocycles. The maximum absolute atomic E-state index is 12.5. The molecule has 0 spiro atoms. The van der Waals surface area contributed by atoms with E-state index in [1.54, 1.807) is 4.90 Å². The molecule has 0 aromatic heterocycles. The van der Waals surface area contributed by atoms with Gasteiger partial charge in [-0.15, -0.1) is 0 Å². The third kappa shape index (κ3) is 4.09. The minimum absolute atomic E-state index is 0.0618. The van der Waals surface area contributed by atoms with Crippen LogP contribution in [0.2, 0.25) is 0 Å². The topological polar surface area (TPSA) is 63.7 Å². The number of aryl methyl sites for hydroxylation is 2. The summed E-state index contributed by atoms with van der Waals surface area (Å²) >= 11 is 0. The number of nitrogens with zero attached hydrogens (tertiary/aromatic N) is 1. The number of carbonyl (C=O) groups excluding carboxylic acids is 3. The number of ether oxygens (including phenoxy) is 1. The molecule has 2 aromatic carbocycles. The van der Waals surface area contributed by atoms with E-state index in [0.717, 1.165) is 24.8 Å². The van der Waals surface area contributed by atoms with Crippen molar-refractivity contribution in [2.75, 3.05) is 13.2 Å². The molecule has 0 bridgehead atoms. The van der Waals surface area contributed by atoms with Gasteiger partial charge in [-0.3, -0.25) is 14.4 Å². The summed E-state index contributed by atoms with van der Waals surface area (Å²) in [6.45, 7) is 2.00. The van der Waals surface area contributed by atoms with Crippen molar-refractivity contribution in [1.82, 2.24) is 4.90 Å². The molecule has 1 fully saturated rings. The van der Waals surface area contributed by atoms with Crippen molar-refractivity contribution < 1.29 is 19.1 Å². The van der Waals surface area contributed by atoms with Crippen molar-refractivity contribution in [3.8, 4) is 0 Å². The van der Waals surface area contributed by atoms with E-state index >= 15 is 0 Å². The molecule has 2 atom stereocenters. The van der Waals surface area contributed by atoms with Crippen molar-refractivity contribution in [2.45, 2.75) is 38.6 Å². The van der Waals surface area contributed by atoms with Gasteiger partial charge in [-0.1, -0.05) is 42.5 Å². The smallest absolute Gasteiger partial charge is 0.311 e. The molecular formula is C24H25NO4. The Labute approximate surface area is 170 Å². The van der Waals surface area contributed by atoms with Crippen LogP contribution in [0.3, 0.4) is 0 Å². The second kappa shape index (κ2) is 8.19. The lowest BCUT2D eigenvalue weighted by Crippen LogP contribution is -2.30. The standard InChI is InChI=1S/C24H25NO4/c1-16(17-6-3-2-4-7-17)25-14-21(13-23(25)27)24(28)29-15-22(26)20-11-10-18-8-5-9-19(18)12-20/h2-4,6-7,10-12,16,21H,5,8-9,13-15H2,1H3/t16-,21-/m1/s1. The molecule has 0 radical (unpaired) electrons. The summed E-state index contributed by atoms with van der Waals surface area (Å²) in [5.41, 5.74) is 4.13. The molecule has 0 unspecified atom stereocenters. The van der Waals surface area contributed by atoms with Crippen LogP contribution in [-0.2, 0) is 27.2 Å². The molecule has 4 rings (SSSR count). The Balaban J connectivity index is 1.33. The summed E-state index contributed by atoms with van der Waals surface area (Å²) in [5, 5.41) is 0. The minimum atomic E-state index is -0.526. The Bertz CT molecular complexity index is 937. The van der Waals surface area contributed by atoms with Crippen molar-refractivity contribution in [3.05, 3.63) is 70.8 Å². The lowest BCUT2D eigenvalue weighted by molar-refractivity contribution is -0.147. The fraction of sp³-hybridized carbons (Fsp3) is 0.375. The highest BCUT2D eigenvalue weighted by molar-refractivity contribution is 5.98. The number of amides is 1. The van der Waals surface area contributed by atoms with E-state index in [0.29, 0.717) is 12.1 Å². The first kappa shape index (κ1) is 19.4. The lowest BCUT2D eigenvalue weighted by Gasteiger charge is -2.25. The SMILES string of the molecule is C[C@H](c1ccccc1)N1C[C@H](C(=O)OCC(=O)c2ccc3c(c2)CCC3)CC1=O. The maximum atomic E-state index is 12.5. The number of hydrogen-bond donors (Lipinski definition) is 0. The summed E-state index contributed by atoms with van der Waals surface area (Å²) in [6, 6.07) is 15.4. The molecule has 29 heavy (non-hydrogen) atoms. The van der Waals surface area contributed by atoms with Crippen LogP contribution in [0.25, 0.3) is 0 Å². The molecule has 5 heteroatoms. The van der Waals surface area contributed by atoms with Gasteiger partial charge in [0.05, 0.1) is 12.0 Å². The Morgan fingerprint density at radius 1 is 1.10 bits per heavy atom. The summed E-state index contributed by atoms with van der Waals surface area (Å²) in [7, 11) is 0. The molecule has 5 nitrogen and oxygen atoms in total. The first-order chi connectivity index (χ1) is 14.0. The number of Topliss-reactive ketones (excluding diaryl/α,β-unsaturated/α-hetero) is 1. The largest absolute Gasteiger partial charge is 0.457 e. The normalized spacial score (nSPS) is 19.1. The van der Waals surface area contributed by atoms with Crippen LogP contribution in [0.5, 0.6) is 0 Å². The number of carbonyl (C=O) groups is 3. The summed E-state index contributed by atoms with van der Waals surface area (Å²) in [5.74, 6) is -1.27. The van der Waals surface area contributed by atoms with Crippen LogP contribution < -0.4 is 0 Å². The Hall–Kier alpha value is -2.95. The molecule has 1 amide bonds. The third-order valence-electron chi connectivity index (χ3n) is 6.01. The fourth-order valence-corrected chi connectivity index (χ4v) is 4.26. The molecule has 1 aliphatic carbocycles. The molecule has 0 N–H and O–H groups in total. The van der Waals surface area contributed by atoms with E-state index in [9.17, 15) is 14.4 Å². The van der Waals surface area contributed by atoms with Crippen molar-refractivity contribution in [2.24, 2.45) is 5.92 Å². The average Bonchev–Trinajstić information content (AvgIpc) is 3.37. The minimum Gasteiger partial charge on any atom is -0.457 e. The number of likely N-dealkylation sites (tertiary alicyclic amines) is 1. The van der Waals surface area contributed by atoms with E-state index in [4.69, 9.17) is 4.74 Å². The lowest BCUT2D eigenvalue weighted by atomic mass is 10.0. The van der Waals surface area contributed by atoms with Crippen LogP contribution in [-0.4, -0.2) is 35.7 Å². The zero-order valence-electron chi connectivity index (χ0n) is 16.6. The average molecular weight is 391 g/mol.